The fraction of sp³-hybridized carbons (Fsp3) is 0.500. The molecular formula is C14H18N2O2. The summed E-state index contributed by atoms with van der Waals surface area (Å²) in [5.74, 6) is 0.200. The van der Waals surface area contributed by atoms with E-state index in [1.165, 1.54) is 11.1 Å². The maximum absolute atomic E-state index is 11.7. The van der Waals surface area contributed by atoms with Crippen LogP contribution in [0, 0.1) is 0 Å². The van der Waals surface area contributed by atoms with Crippen molar-refractivity contribution in [3.8, 4) is 0 Å². The summed E-state index contributed by atoms with van der Waals surface area (Å²) in [6.45, 7) is 1.44. The van der Waals surface area contributed by atoms with Gasteiger partial charge in [0.15, 0.2) is 0 Å². The summed E-state index contributed by atoms with van der Waals surface area (Å²) in [5.41, 5.74) is 3.53. The number of fused-ring (bicyclic) bond motifs is 1. The van der Waals surface area contributed by atoms with E-state index in [2.05, 4.69) is 23.5 Å². The molecule has 0 aromatic heterocycles. The van der Waals surface area contributed by atoms with E-state index in [4.69, 9.17) is 4.74 Å². The van der Waals surface area contributed by atoms with E-state index in [1.807, 2.05) is 14.1 Å². The molecule has 0 atom stereocenters. The highest BCUT2D eigenvalue weighted by Crippen LogP contribution is 2.34. The molecule has 1 aromatic rings. The number of anilines is 1. The lowest BCUT2D eigenvalue weighted by atomic mass is 9.85. The number of carbonyl (C=O) groups excluding carboxylic acids is 1. The second kappa shape index (κ2) is 4.07. The monoisotopic (exact) mass is 246 g/mol. The summed E-state index contributed by atoms with van der Waals surface area (Å²) < 4.78 is 5.34. The Morgan fingerprint density at radius 3 is 2.72 bits per heavy atom. The van der Waals surface area contributed by atoms with E-state index >= 15 is 0 Å². The van der Waals surface area contributed by atoms with E-state index in [0.717, 1.165) is 25.3 Å². The van der Waals surface area contributed by atoms with Crippen LogP contribution in [0.15, 0.2) is 18.2 Å². The van der Waals surface area contributed by atoms with Crippen molar-refractivity contribution in [3.63, 3.8) is 0 Å². The van der Waals surface area contributed by atoms with Gasteiger partial charge < -0.3 is 15.0 Å². The highest BCUT2D eigenvalue weighted by atomic mass is 16.5. The van der Waals surface area contributed by atoms with Crippen LogP contribution in [0.3, 0.4) is 0 Å². The number of nitrogens with zero attached hydrogens (tertiary/aromatic N) is 1. The normalized spacial score (nSPS) is 21.4. The van der Waals surface area contributed by atoms with Gasteiger partial charge >= 0.3 is 0 Å². The molecule has 2 heterocycles. The molecule has 0 saturated carbocycles. The van der Waals surface area contributed by atoms with E-state index < -0.39 is 0 Å². The molecule has 1 fully saturated rings. The predicted molar refractivity (Wildman–Crippen MR) is 69.7 cm³/mol. The number of likely N-dealkylation sites (N-methyl/N-ethyl adjacent to an activating group) is 1. The average molecular weight is 246 g/mol. The fourth-order valence-electron chi connectivity index (χ4n) is 2.72. The van der Waals surface area contributed by atoms with Crippen molar-refractivity contribution < 1.29 is 9.53 Å². The lowest BCUT2D eigenvalue weighted by molar-refractivity contribution is -0.118. The Balaban J connectivity index is 1.99. The second-order valence-corrected chi connectivity index (χ2v) is 5.12. The third-order valence-electron chi connectivity index (χ3n) is 4.15. The van der Waals surface area contributed by atoms with Crippen molar-refractivity contribution in [1.82, 2.24) is 5.32 Å². The van der Waals surface area contributed by atoms with Gasteiger partial charge in [-0.3, -0.25) is 4.79 Å². The largest absolute Gasteiger partial charge is 0.377 e. The number of aryl methyl sites for hydroxylation is 1. The van der Waals surface area contributed by atoms with Crippen molar-refractivity contribution in [1.29, 1.82) is 0 Å². The first-order valence-electron chi connectivity index (χ1n) is 6.33. The van der Waals surface area contributed by atoms with Gasteiger partial charge in [-0.25, -0.2) is 0 Å². The first-order chi connectivity index (χ1) is 8.66. The third-order valence-corrected chi connectivity index (χ3v) is 4.15. The molecule has 18 heavy (non-hydrogen) atoms. The molecule has 0 bridgehead atoms. The molecule has 1 aromatic carbocycles. The highest BCUT2D eigenvalue weighted by Gasteiger charge is 2.39. The highest BCUT2D eigenvalue weighted by molar-refractivity contribution is 5.95. The number of carbonyl (C=O) groups is 1. The Labute approximate surface area is 107 Å². The van der Waals surface area contributed by atoms with E-state index in [0.29, 0.717) is 6.42 Å². The molecule has 1 saturated heterocycles. The van der Waals surface area contributed by atoms with Crippen molar-refractivity contribution in [2.24, 2.45) is 0 Å². The van der Waals surface area contributed by atoms with Gasteiger partial charge in [0.05, 0.1) is 18.8 Å². The Morgan fingerprint density at radius 2 is 2.11 bits per heavy atom. The predicted octanol–water partition coefficient (Wildman–Crippen LogP) is 1.04. The van der Waals surface area contributed by atoms with Crippen LogP contribution in [-0.4, -0.2) is 33.2 Å². The number of hydrogen-bond donors (Lipinski definition) is 1. The van der Waals surface area contributed by atoms with Crippen LogP contribution in [0.5, 0.6) is 0 Å². The molecule has 2 aliphatic heterocycles. The molecule has 3 rings (SSSR count). The van der Waals surface area contributed by atoms with Crippen LogP contribution in [0.1, 0.15) is 17.5 Å². The Hall–Kier alpha value is -1.39. The van der Waals surface area contributed by atoms with Gasteiger partial charge in [0.2, 0.25) is 5.91 Å². The Morgan fingerprint density at radius 1 is 1.33 bits per heavy atom. The summed E-state index contributed by atoms with van der Waals surface area (Å²) in [5, 5.41) is 3.35. The number of amides is 1. The molecule has 0 unspecified atom stereocenters. The Kier molecular flexibility index (Phi) is 2.64. The molecule has 0 spiro atoms. The van der Waals surface area contributed by atoms with Crippen LogP contribution in [0.25, 0.3) is 0 Å². The summed E-state index contributed by atoms with van der Waals surface area (Å²) in [6.07, 6.45) is 1.45. The van der Waals surface area contributed by atoms with Crippen LogP contribution < -0.4 is 10.2 Å². The average Bonchev–Trinajstić information content (AvgIpc) is 2.33. The first kappa shape index (κ1) is 11.7. The molecule has 0 aliphatic carbocycles. The van der Waals surface area contributed by atoms with Gasteiger partial charge in [-0.2, -0.15) is 0 Å². The van der Waals surface area contributed by atoms with Crippen LogP contribution in [0.2, 0.25) is 0 Å². The van der Waals surface area contributed by atoms with Gasteiger partial charge in [-0.05, 0) is 30.7 Å². The van der Waals surface area contributed by atoms with E-state index in [-0.39, 0.29) is 11.4 Å². The minimum atomic E-state index is -0.0327. The van der Waals surface area contributed by atoms with Crippen molar-refractivity contribution in [2.75, 3.05) is 32.2 Å². The maximum Gasteiger partial charge on any atom is 0.227 e. The summed E-state index contributed by atoms with van der Waals surface area (Å²) in [4.78, 5) is 13.4. The first-order valence-corrected chi connectivity index (χ1v) is 6.33. The molecule has 2 aliphatic rings. The third kappa shape index (κ3) is 1.56. The molecule has 96 valence electrons. The summed E-state index contributed by atoms with van der Waals surface area (Å²) in [6, 6.07) is 6.38. The smallest absolute Gasteiger partial charge is 0.227 e. The molecule has 1 amide bonds. The van der Waals surface area contributed by atoms with Crippen LogP contribution in [-0.2, 0) is 21.5 Å². The molecular weight excluding hydrogens is 228 g/mol. The summed E-state index contributed by atoms with van der Waals surface area (Å²) in [7, 11) is 3.82. The molecule has 4 heteroatoms. The van der Waals surface area contributed by atoms with Crippen molar-refractivity contribution in [2.45, 2.75) is 18.4 Å². The zero-order valence-electron chi connectivity index (χ0n) is 10.8. The second-order valence-electron chi connectivity index (χ2n) is 5.12. The van der Waals surface area contributed by atoms with Gasteiger partial charge in [-0.1, -0.05) is 12.1 Å². The lowest BCUT2D eigenvalue weighted by Crippen LogP contribution is -2.56. The van der Waals surface area contributed by atoms with Gasteiger partial charge in [0, 0.05) is 19.2 Å². The van der Waals surface area contributed by atoms with Crippen molar-refractivity contribution >= 4 is 11.6 Å². The number of nitrogens with one attached hydrogen (secondary N) is 1. The maximum atomic E-state index is 11.7. The topological polar surface area (TPSA) is 41.6 Å². The molecule has 1 N–H and O–H groups in total. The Bertz CT molecular complexity index is 489. The molecule has 0 radical (unpaired) electrons. The van der Waals surface area contributed by atoms with Crippen molar-refractivity contribution in [3.05, 3.63) is 29.3 Å². The standard InChI is InChI=1S/C14H18N2O2/c1-15-14(8-18-9-14)11-4-5-12-10(7-11)3-6-13(17)16(12)2/h4-5,7,15H,3,6,8-9H2,1-2H3. The summed E-state index contributed by atoms with van der Waals surface area (Å²) >= 11 is 0. The molecule has 4 nitrogen and oxygen atoms in total. The SMILES string of the molecule is CNC1(c2ccc3c(c2)CCC(=O)N3C)COC1. The van der Waals surface area contributed by atoms with E-state index in [9.17, 15) is 4.79 Å². The number of rotatable bonds is 2. The number of benzene rings is 1. The zero-order valence-corrected chi connectivity index (χ0v) is 10.8. The van der Waals surface area contributed by atoms with E-state index in [1.54, 1.807) is 4.90 Å². The number of hydrogen-bond acceptors (Lipinski definition) is 3. The quantitative estimate of drug-likeness (QED) is 0.847. The van der Waals surface area contributed by atoms with Crippen LogP contribution >= 0.6 is 0 Å². The minimum absolute atomic E-state index is 0.0327. The van der Waals surface area contributed by atoms with Gasteiger partial charge in [0.1, 0.15) is 0 Å². The van der Waals surface area contributed by atoms with Gasteiger partial charge in [0.25, 0.3) is 0 Å². The zero-order chi connectivity index (χ0) is 12.8. The fourth-order valence-corrected chi connectivity index (χ4v) is 2.72. The van der Waals surface area contributed by atoms with Crippen LogP contribution in [0.4, 0.5) is 5.69 Å². The number of ether oxygens (including phenoxy) is 1. The lowest BCUT2D eigenvalue weighted by Gasteiger charge is -2.42. The van der Waals surface area contributed by atoms with Gasteiger partial charge in [-0.15, -0.1) is 0 Å². The minimum Gasteiger partial charge on any atom is -0.377 e.